The minimum absolute atomic E-state index is 0. The van der Waals surface area contributed by atoms with Crippen LogP contribution in [-0.4, -0.2) is 16.6 Å². The van der Waals surface area contributed by atoms with Crippen LogP contribution in [0.25, 0.3) is 0 Å². The number of carboxylic acid groups (broad SMARTS) is 1. The number of aliphatic carboxylic acids is 1. The number of carboxylic acids is 1. The first-order valence-corrected chi connectivity index (χ1v) is 5.62. The second-order valence-corrected chi connectivity index (χ2v) is 5.42. The predicted molar refractivity (Wildman–Crippen MR) is 64.4 cm³/mol. The van der Waals surface area contributed by atoms with E-state index in [1.165, 1.54) is 0 Å². The van der Waals surface area contributed by atoms with Crippen molar-refractivity contribution in [2.75, 3.05) is 0 Å². The van der Waals surface area contributed by atoms with Crippen molar-refractivity contribution in [2.24, 2.45) is 0 Å². The Hall–Kier alpha value is 1.25. The van der Waals surface area contributed by atoms with Crippen molar-refractivity contribution in [3.63, 3.8) is 0 Å². The molecule has 1 aromatic carbocycles. The first-order chi connectivity index (χ1) is 6.34. The molecule has 6 heteroatoms. The van der Waals surface area contributed by atoms with E-state index in [4.69, 9.17) is 5.11 Å². The molecule has 0 aliphatic carbocycles. The topological polar surface area (TPSA) is 67.3 Å². The molecule has 0 spiro atoms. The fourth-order valence-electron chi connectivity index (χ4n) is 1.04. The van der Waals surface area contributed by atoms with Crippen LogP contribution in [0.5, 0.6) is 0 Å². The van der Waals surface area contributed by atoms with E-state index in [1.54, 1.807) is 13.8 Å². The van der Waals surface area contributed by atoms with Gasteiger partial charge in [0.15, 0.2) is 0 Å². The maximum Gasteiger partial charge on any atom is 1.00 e. The maximum atomic E-state index is 11.0. The number of hydrogen-bond donors (Lipinski definition) is 1. The van der Waals surface area contributed by atoms with Gasteiger partial charge in [-0.1, -0.05) is 31.9 Å². The van der Waals surface area contributed by atoms with E-state index in [0.717, 1.165) is 14.5 Å². The van der Waals surface area contributed by atoms with Gasteiger partial charge in [0.05, 0.1) is 5.41 Å². The third-order valence-corrected chi connectivity index (χ3v) is 3.03. The Morgan fingerprint density at radius 1 is 1.19 bits per heavy atom. The average molecular weight is 378 g/mol. The van der Waals surface area contributed by atoms with Gasteiger partial charge in [-0.3, -0.25) is 4.79 Å². The molecular weight excluding hydrogens is 367 g/mol. The normalized spacial score (nSPS) is 10.0. The summed E-state index contributed by atoms with van der Waals surface area (Å²) >= 11 is 6.66. The Balaban J connectivity index is 0. The van der Waals surface area contributed by atoms with Crippen LogP contribution in [0.15, 0.2) is 27.1 Å². The number of rotatable bonds is 2. The molecule has 1 rings (SSSR count). The molecule has 0 amide bonds. The summed E-state index contributed by atoms with van der Waals surface area (Å²) in [6.45, 7) is 3.37. The second-order valence-electron chi connectivity index (χ2n) is 3.59. The monoisotopic (exact) mass is 376 g/mol. The van der Waals surface area contributed by atoms with Gasteiger partial charge in [-0.05, 0) is 37.6 Å². The van der Waals surface area contributed by atoms with Gasteiger partial charge in [0, 0.05) is 8.95 Å². The van der Waals surface area contributed by atoms with Gasteiger partial charge in [-0.2, -0.15) is 0 Å². The molecule has 0 radical (unpaired) electrons. The largest absolute Gasteiger partial charge is 1.00 e. The SMILES string of the molecule is CC(C)(C(=O)O)c1cc(Br)cc(Br)c1.[K+].[OH-]. The van der Waals surface area contributed by atoms with Crippen LogP contribution in [0.1, 0.15) is 19.4 Å². The summed E-state index contributed by atoms with van der Waals surface area (Å²) in [6, 6.07) is 5.51. The Morgan fingerprint density at radius 3 is 1.88 bits per heavy atom. The molecule has 3 nitrogen and oxygen atoms in total. The van der Waals surface area contributed by atoms with Gasteiger partial charge < -0.3 is 10.6 Å². The van der Waals surface area contributed by atoms with Gasteiger partial charge in [-0.25, -0.2) is 0 Å². The zero-order valence-electron chi connectivity index (χ0n) is 9.29. The summed E-state index contributed by atoms with van der Waals surface area (Å²) in [5.74, 6) is -0.831. The van der Waals surface area contributed by atoms with Crippen LogP contribution in [0, 0.1) is 0 Å². The molecule has 1 aromatic rings. The number of carbonyl (C=O) groups is 1. The maximum absolute atomic E-state index is 11.0. The Morgan fingerprint density at radius 2 is 1.56 bits per heavy atom. The van der Waals surface area contributed by atoms with Crippen molar-refractivity contribution in [3.8, 4) is 0 Å². The van der Waals surface area contributed by atoms with Crippen molar-refractivity contribution in [1.29, 1.82) is 0 Å². The summed E-state index contributed by atoms with van der Waals surface area (Å²) in [6.07, 6.45) is 0. The van der Waals surface area contributed by atoms with Crippen LogP contribution < -0.4 is 51.4 Å². The van der Waals surface area contributed by atoms with E-state index in [-0.39, 0.29) is 56.9 Å². The Kier molecular flexibility index (Phi) is 9.34. The molecule has 0 fully saturated rings. The minimum atomic E-state index is -0.869. The Bertz CT molecular complexity index is 360. The van der Waals surface area contributed by atoms with E-state index >= 15 is 0 Å². The van der Waals surface area contributed by atoms with Crippen molar-refractivity contribution >= 4 is 37.8 Å². The van der Waals surface area contributed by atoms with Crippen molar-refractivity contribution in [2.45, 2.75) is 19.3 Å². The number of benzene rings is 1. The smallest absolute Gasteiger partial charge is 0.870 e. The van der Waals surface area contributed by atoms with Crippen LogP contribution in [0.4, 0.5) is 0 Å². The molecule has 0 aromatic heterocycles. The minimum Gasteiger partial charge on any atom is -0.870 e. The molecule has 0 saturated heterocycles. The third-order valence-electron chi connectivity index (χ3n) is 2.12. The second kappa shape index (κ2) is 7.63. The summed E-state index contributed by atoms with van der Waals surface area (Å²) in [5.41, 5.74) is -0.0991. The summed E-state index contributed by atoms with van der Waals surface area (Å²) < 4.78 is 1.74. The molecule has 0 bridgehead atoms. The van der Waals surface area contributed by atoms with Gasteiger partial charge in [0.25, 0.3) is 0 Å². The van der Waals surface area contributed by atoms with E-state index < -0.39 is 11.4 Å². The molecule has 0 atom stereocenters. The summed E-state index contributed by atoms with van der Waals surface area (Å²) in [4.78, 5) is 11.0. The van der Waals surface area contributed by atoms with E-state index in [2.05, 4.69) is 31.9 Å². The van der Waals surface area contributed by atoms with E-state index in [0.29, 0.717) is 0 Å². The molecule has 0 saturated carbocycles. The number of hydrogen-bond acceptors (Lipinski definition) is 2. The molecular formula is C10H11Br2KO3. The first-order valence-electron chi connectivity index (χ1n) is 4.04. The van der Waals surface area contributed by atoms with Gasteiger partial charge in [-0.15, -0.1) is 0 Å². The molecule has 0 aliphatic rings. The first kappa shape index (κ1) is 19.6. The van der Waals surface area contributed by atoms with Crippen molar-refractivity contribution in [3.05, 3.63) is 32.7 Å². The molecule has 0 heterocycles. The molecule has 16 heavy (non-hydrogen) atoms. The Labute approximate surface area is 154 Å². The van der Waals surface area contributed by atoms with E-state index in [9.17, 15) is 4.79 Å². The van der Waals surface area contributed by atoms with E-state index in [1.807, 2.05) is 18.2 Å². The molecule has 2 N–H and O–H groups in total. The standard InChI is InChI=1S/C10H10Br2O2.K.H2O/c1-10(2,9(13)14)6-3-7(11)5-8(12)4-6;;/h3-5H,1-2H3,(H,13,14);;1H2/q;+1;/p-1. The molecule has 0 unspecified atom stereocenters. The molecule has 84 valence electrons. The van der Waals surface area contributed by atoms with Crippen molar-refractivity contribution < 1.29 is 66.8 Å². The fourth-order valence-corrected chi connectivity index (χ4v) is 2.33. The molecule has 0 aliphatic heterocycles. The predicted octanol–water partition coefficient (Wildman–Crippen LogP) is 0.401. The van der Waals surface area contributed by atoms with Gasteiger partial charge in [0.1, 0.15) is 0 Å². The van der Waals surface area contributed by atoms with Crippen LogP contribution in [0.3, 0.4) is 0 Å². The van der Waals surface area contributed by atoms with Crippen LogP contribution in [-0.2, 0) is 10.2 Å². The van der Waals surface area contributed by atoms with Gasteiger partial charge in [0.2, 0.25) is 0 Å². The zero-order chi connectivity index (χ0) is 10.9. The fraction of sp³-hybridized carbons (Fsp3) is 0.300. The van der Waals surface area contributed by atoms with Crippen LogP contribution in [0.2, 0.25) is 0 Å². The quantitative estimate of drug-likeness (QED) is 0.758. The average Bonchev–Trinajstić information content (AvgIpc) is 2.01. The summed E-state index contributed by atoms with van der Waals surface area (Å²) in [7, 11) is 0. The number of halogens is 2. The summed E-state index contributed by atoms with van der Waals surface area (Å²) in [5, 5.41) is 9.05. The van der Waals surface area contributed by atoms with Crippen molar-refractivity contribution in [1.82, 2.24) is 0 Å². The third kappa shape index (κ3) is 4.85. The van der Waals surface area contributed by atoms with Crippen LogP contribution >= 0.6 is 31.9 Å². The zero-order valence-corrected chi connectivity index (χ0v) is 15.6. The van der Waals surface area contributed by atoms with Gasteiger partial charge >= 0.3 is 57.4 Å².